The van der Waals surface area contributed by atoms with Crippen molar-refractivity contribution < 1.29 is 10.1 Å². The van der Waals surface area contributed by atoms with E-state index < -0.39 is 10.8 Å². The van der Waals surface area contributed by atoms with E-state index in [9.17, 15) is 10.1 Å². The summed E-state index contributed by atoms with van der Waals surface area (Å²) in [6.07, 6.45) is 0. The van der Waals surface area contributed by atoms with Gasteiger partial charge in [-0.05, 0) is 4.92 Å². The standard InChI is InChI=1S/C2HN3O3/c3-1-2(4-6)5(7)8/h6H. The summed E-state index contributed by atoms with van der Waals surface area (Å²) < 4.78 is 0. The van der Waals surface area contributed by atoms with Crippen molar-refractivity contribution in [1.82, 2.24) is 0 Å². The lowest BCUT2D eigenvalue weighted by atomic mass is 10.7. The molecule has 0 heterocycles. The summed E-state index contributed by atoms with van der Waals surface area (Å²) in [5.74, 6) is -1.11. The van der Waals surface area contributed by atoms with Crippen LogP contribution in [0.3, 0.4) is 0 Å². The summed E-state index contributed by atoms with van der Waals surface area (Å²) in [6, 6.07) is 1.05. The first kappa shape index (κ1) is 6.36. The average molecular weight is 115 g/mol. The Morgan fingerprint density at radius 1 is 2.00 bits per heavy atom. The van der Waals surface area contributed by atoms with Crippen LogP contribution in [0.1, 0.15) is 0 Å². The molecule has 0 saturated heterocycles. The van der Waals surface area contributed by atoms with Crippen LogP contribution in [0.4, 0.5) is 0 Å². The largest absolute Gasteiger partial charge is 0.487 e. The number of amidine groups is 1. The molecule has 0 aromatic heterocycles. The summed E-state index contributed by atoms with van der Waals surface area (Å²) >= 11 is 0. The topological polar surface area (TPSA) is 99.5 Å². The Hall–Kier alpha value is -1.64. The third-order valence-corrected chi connectivity index (χ3v) is 0.368. The molecule has 0 fully saturated rings. The van der Waals surface area contributed by atoms with Crippen molar-refractivity contribution in [1.29, 1.82) is 5.26 Å². The molecule has 8 heavy (non-hydrogen) atoms. The van der Waals surface area contributed by atoms with Crippen LogP contribution in [-0.4, -0.2) is 16.0 Å². The van der Waals surface area contributed by atoms with Crippen molar-refractivity contribution in [2.75, 3.05) is 0 Å². The lowest BCUT2D eigenvalue weighted by Gasteiger charge is -1.80. The molecule has 0 rings (SSSR count). The number of hydrogen-bond acceptors (Lipinski definition) is 5. The number of hydrogen-bond donors (Lipinski definition) is 1. The highest BCUT2D eigenvalue weighted by atomic mass is 16.6. The van der Waals surface area contributed by atoms with Gasteiger partial charge >= 0.3 is 5.84 Å². The molecule has 0 aromatic rings. The van der Waals surface area contributed by atoms with E-state index in [4.69, 9.17) is 10.5 Å². The Morgan fingerprint density at radius 3 is 2.50 bits per heavy atom. The summed E-state index contributed by atoms with van der Waals surface area (Å²) in [4.78, 5) is 8.37. The first-order chi connectivity index (χ1) is 3.72. The van der Waals surface area contributed by atoms with Crippen molar-refractivity contribution in [3.63, 3.8) is 0 Å². The van der Waals surface area contributed by atoms with Crippen molar-refractivity contribution >= 4 is 5.84 Å². The summed E-state index contributed by atoms with van der Waals surface area (Å²) in [5, 5.41) is 26.9. The zero-order chi connectivity index (χ0) is 6.57. The second-order valence-corrected chi connectivity index (χ2v) is 0.793. The molecule has 0 aliphatic carbocycles. The van der Waals surface area contributed by atoms with Gasteiger partial charge < -0.3 is 15.3 Å². The van der Waals surface area contributed by atoms with Crippen LogP contribution < -0.4 is 0 Å². The van der Waals surface area contributed by atoms with Gasteiger partial charge in [0.1, 0.15) is 0 Å². The molecule has 0 aromatic carbocycles. The maximum atomic E-state index is 9.45. The van der Waals surface area contributed by atoms with E-state index in [1.807, 2.05) is 0 Å². The summed E-state index contributed by atoms with van der Waals surface area (Å²) in [6.45, 7) is 0. The highest BCUT2D eigenvalue weighted by Crippen LogP contribution is 1.72. The molecule has 0 unspecified atom stereocenters. The predicted octanol–water partition coefficient (Wildman–Crippen LogP) is -0.426. The maximum Gasteiger partial charge on any atom is 0.487 e. The second-order valence-electron chi connectivity index (χ2n) is 0.793. The fraction of sp³-hybridized carbons (Fsp3) is 0. The van der Waals surface area contributed by atoms with Gasteiger partial charge in [-0.15, -0.1) is 0 Å². The van der Waals surface area contributed by atoms with Crippen molar-refractivity contribution in [2.24, 2.45) is 5.16 Å². The van der Waals surface area contributed by atoms with Crippen LogP contribution in [-0.2, 0) is 0 Å². The molecule has 0 aliphatic heterocycles. The SMILES string of the molecule is N#CC(=NO)[N+](=O)[O-]. The highest BCUT2D eigenvalue weighted by Gasteiger charge is 2.08. The first-order valence-corrected chi connectivity index (χ1v) is 1.49. The predicted molar refractivity (Wildman–Crippen MR) is 21.8 cm³/mol. The van der Waals surface area contributed by atoms with Gasteiger partial charge in [0.15, 0.2) is 5.16 Å². The zero-order valence-electron chi connectivity index (χ0n) is 3.61. The molecule has 0 radical (unpaired) electrons. The molecule has 0 aliphatic rings. The lowest BCUT2D eigenvalue weighted by Crippen LogP contribution is -2.07. The van der Waals surface area contributed by atoms with Gasteiger partial charge in [0.2, 0.25) is 6.07 Å². The Labute approximate surface area is 43.8 Å². The van der Waals surface area contributed by atoms with E-state index in [1.165, 1.54) is 0 Å². The molecular weight excluding hydrogens is 114 g/mol. The van der Waals surface area contributed by atoms with E-state index in [0.717, 1.165) is 6.07 Å². The van der Waals surface area contributed by atoms with Gasteiger partial charge in [-0.1, -0.05) is 0 Å². The van der Waals surface area contributed by atoms with E-state index >= 15 is 0 Å². The Bertz CT molecular complexity index is 166. The highest BCUT2D eigenvalue weighted by molar-refractivity contribution is 5.88. The van der Waals surface area contributed by atoms with Crippen LogP contribution in [0.5, 0.6) is 0 Å². The molecular formula is C2HN3O3. The number of nitriles is 1. The quantitative estimate of drug-likeness (QED) is 0.152. The summed E-state index contributed by atoms with van der Waals surface area (Å²) in [7, 11) is 0. The number of nitrogens with zero attached hydrogens (tertiary/aromatic N) is 3. The molecule has 6 nitrogen and oxygen atoms in total. The molecule has 0 spiro atoms. The molecule has 0 atom stereocenters. The molecule has 0 bridgehead atoms. The van der Waals surface area contributed by atoms with Crippen molar-refractivity contribution in [3.8, 4) is 6.07 Å². The van der Waals surface area contributed by atoms with Gasteiger partial charge in [-0.2, -0.15) is 5.26 Å². The average Bonchev–Trinajstić information content (AvgIpc) is 1.69. The number of rotatable bonds is 0. The van der Waals surface area contributed by atoms with Gasteiger partial charge in [0, 0.05) is 0 Å². The minimum absolute atomic E-state index is 1.05. The fourth-order valence-electron chi connectivity index (χ4n) is 0.0997. The van der Waals surface area contributed by atoms with E-state index in [-0.39, 0.29) is 0 Å². The lowest BCUT2D eigenvalue weighted by molar-refractivity contribution is -0.349. The van der Waals surface area contributed by atoms with Crippen LogP contribution in [0.25, 0.3) is 0 Å². The van der Waals surface area contributed by atoms with E-state index in [2.05, 4.69) is 5.16 Å². The van der Waals surface area contributed by atoms with E-state index in [1.54, 1.807) is 0 Å². The first-order valence-electron chi connectivity index (χ1n) is 1.49. The van der Waals surface area contributed by atoms with E-state index in [0.29, 0.717) is 0 Å². The number of oxime groups is 1. The van der Waals surface area contributed by atoms with Crippen LogP contribution in [0.15, 0.2) is 5.16 Å². The Balaban J connectivity index is 4.20. The van der Waals surface area contributed by atoms with Crippen LogP contribution in [0.2, 0.25) is 0 Å². The minimum atomic E-state index is -1.11. The maximum absolute atomic E-state index is 9.45. The van der Waals surface area contributed by atoms with Crippen LogP contribution in [0, 0.1) is 21.4 Å². The van der Waals surface area contributed by atoms with Crippen molar-refractivity contribution in [3.05, 3.63) is 10.1 Å². The molecule has 6 heteroatoms. The molecule has 0 amide bonds. The molecule has 1 N–H and O–H groups in total. The third-order valence-electron chi connectivity index (χ3n) is 0.368. The zero-order valence-corrected chi connectivity index (χ0v) is 3.61. The molecule has 0 saturated carbocycles. The summed E-state index contributed by atoms with van der Waals surface area (Å²) in [5.41, 5.74) is 0. The second kappa shape index (κ2) is 2.52. The fourth-order valence-corrected chi connectivity index (χ4v) is 0.0997. The third kappa shape index (κ3) is 1.22. The van der Waals surface area contributed by atoms with Gasteiger partial charge in [-0.25, -0.2) is 0 Å². The number of nitro groups is 1. The molecule has 42 valence electrons. The van der Waals surface area contributed by atoms with Gasteiger partial charge in [0.05, 0.1) is 0 Å². The van der Waals surface area contributed by atoms with Gasteiger partial charge in [-0.3, -0.25) is 0 Å². The Kier molecular flexibility index (Phi) is 2.00. The Morgan fingerprint density at radius 2 is 2.50 bits per heavy atom. The minimum Gasteiger partial charge on any atom is -0.357 e. The van der Waals surface area contributed by atoms with Crippen LogP contribution >= 0.6 is 0 Å². The van der Waals surface area contributed by atoms with Gasteiger partial charge in [0.25, 0.3) is 0 Å². The monoisotopic (exact) mass is 115 g/mol. The smallest absolute Gasteiger partial charge is 0.357 e. The van der Waals surface area contributed by atoms with Crippen molar-refractivity contribution in [2.45, 2.75) is 0 Å². The normalized spacial score (nSPS) is 10.1.